The summed E-state index contributed by atoms with van der Waals surface area (Å²) in [5.41, 5.74) is 1.86. The van der Waals surface area contributed by atoms with Crippen molar-refractivity contribution in [3.8, 4) is 0 Å². The normalized spacial score (nSPS) is 11.9. The van der Waals surface area contributed by atoms with Gasteiger partial charge in [0.25, 0.3) is 5.91 Å². The first-order chi connectivity index (χ1) is 10.3. The number of aryl methyl sites for hydroxylation is 2. The standard InChI is InChI=1S/C15H13F3N2O2/c1-9-6-12(10(2)22-9)8-19-20-14(21)11-4-3-5-13(7-11)15(16,17)18/h3-8H,1-2H3,(H,20,21)/b19-8+. The van der Waals surface area contributed by atoms with Crippen LogP contribution in [0, 0.1) is 13.8 Å². The van der Waals surface area contributed by atoms with Gasteiger partial charge in [0.2, 0.25) is 0 Å². The van der Waals surface area contributed by atoms with Crippen LogP contribution in [-0.2, 0) is 6.18 Å². The van der Waals surface area contributed by atoms with Gasteiger partial charge in [0.1, 0.15) is 11.5 Å². The Morgan fingerprint density at radius 3 is 2.59 bits per heavy atom. The van der Waals surface area contributed by atoms with Gasteiger partial charge in [-0.3, -0.25) is 4.79 Å². The molecule has 1 amide bonds. The van der Waals surface area contributed by atoms with Gasteiger partial charge in [0.15, 0.2) is 0 Å². The number of nitrogens with zero attached hydrogens (tertiary/aromatic N) is 1. The maximum absolute atomic E-state index is 12.6. The molecule has 0 radical (unpaired) electrons. The molecule has 0 unspecified atom stereocenters. The van der Waals surface area contributed by atoms with E-state index in [1.54, 1.807) is 19.9 Å². The van der Waals surface area contributed by atoms with E-state index in [4.69, 9.17) is 4.42 Å². The smallest absolute Gasteiger partial charge is 0.416 e. The number of rotatable bonds is 3. The summed E-state index contributed by atoms with van der Waals surface area (Å²) in [6, 6.07) is 5.86. The second-order valence-electron chi connectivity index (χ2n) is 4.65. The number of alkyl halides is 3. The lowest BCUT2D eigenvalue weighted by molar-refractivity contribution is -0.137. The van der Waals surface area contributed by atoms with E-state index in [-0.39, 0.29) is 5.56 Å². The fourth-order valence-electron chi connectivity index (χ4n) is 1.84. The molecule has 0 bridgehead atoms. The molecule has 0 saturated carbocycles. The number of hydrazone groups is 1. The predicted octanol–water partition coefficient (Wildman–Crippen LogP) is 3.68. The molecular formula is C15H13F3N2O2. The van der Waals surface area contributed by atoms with Crippen LogP contribution >= 0.6 is 0 Å². The number of carbonyl (C=O) groups is 1. The predicted molar refractivity (Wildman–Crippen MR) is 74.7 cm³/mol. The zero-order valence-corrected chi connectivity index (χ0v) is 11.9. The molecule has 4 nitrogen and oxygen atoms in total. The van der Waals surface area contributed by atoms with E-state index < -0.39 is 17.6 Å². The molecule has 1 aromatic carbocycles. The molecule has 0 aliphatic carbocycles. The van der Waals surface area contributed by atoms with Crippen LogP contribution in [0.25, 0.3) is 0 Å². The average molecular weight is 310 g/mol. The second kappa shape index (κ2) is 6.05. The van der Waals surface area contributed by atoms with E-state index in [0.717, 1.165) is 12.1 Å². The van der Waals surface area contributed by atoms with Crippen LogP contribution in [0.2, 0.25) is 0 Å². The molecule has 1 heterocycles. The molecule has 0 fully saturated rings. The summed E-state index contributed by atoms with van der Waals surface area (Å²) in [7, 11) is 0. The van der Waals surface area contributed by atoms with Crippen molar-refractivity contribution >= 4 is 12.1 Å². The van der Waals surface area contributed by atoms with E-state index in [2.05, 4.69) is 10.5 Å². The second-order valence-corrected chi connectivity index (χ2v) is 4.65. The average Bonchev–Trinajstić information content (AvgIpc) is 2.76. The molecule has 0 saturated heterocycles. The minimum Gasteiger partial charge on any atom is -0.466 e. The van der Waals surface area contributed by atoms with Gasteiger partial charge in [-0.1, -0.05) is 6.07 Å². The molecule has 7 heteroatoms. The third kappa shape index (κ3) is 3.75. The van der Waals surface area contributed by atoms with Gasteiger partial charge in [-0.15, -0.1) is 0 Å². The number of amides is 1. The minimum atomic E-state index is -4.50. The van der Waals surface area contributed by atoms with Gasteiger partial charge in [-0.25, -0.2) is 5.43 Å². The Hall–Kier alpha value is -2.57. The first kappa shape index (κ1) is 15.8. The zero-order chi connectivity index (χ0) is 16.3. The van der Waals surface area contributed by atoms with Crippen LogP contribution in [0.15, 0.2) is 39.9 Å². The van der Waals surface area contributed by atoms with Crippen molar-refractivity contribution in [2.45, 2.75) is 20.0 Å². The Bertz CT molecular complexity index is 718. The van der Waals surface area contributed by atoms with Crippen LogP contribution in [0.3, 0.4) is 0 Å². The highest BCUT2D eigenvalue weighted by molar-refractivity contribution is 5.95. The summed E-state index contributed by atoms with van der Waals surface area (Å²) in [4.78, 5) is 11.8. The van der Waals surface area contributed by atoms with Gasteiger partial charge in [-0.05, 0) is 38.1 Å². The molecule has 116 valence electrons. The third-order valence-corrected chi connectivity index (χ3v) is 2.90. The molecule has 1 aromatic heterocycles. The summed E-state index contributed by atoms with van der Waals surface area (Å²) in [6.45, 7) is 3.51. The van der Waals surface area contributed by atoms with Crippen LogP contribution in [-0.4, -0.2) is 12.1 Å². The van der Waals surface area contributed by atoms with Gasteiger partial charge < -0.3 is 4.42 Å². The Labute approximate surface area is 124 Å². The largest absolute Gasteiger partial charge is 0.466 e. The Morgan fingerprint density at radius 2 is 2.00 bits per heavy atom. The van der Waals surface area contributed by atoms with Crippen molar-refractivity contribution in [3.05, 3.63) is 58.5 Å². The molecule has 0 atom stereocenters. The molecular weight excluding hydrogens is 297 g/mol. The van der Waals surface area contributed by atoms with E-state index in [1.807, 2.05) is 0 Å². The Morgan fingerprint density at radius 1 is 1.27 bits per heavy atom. The van der Waals surface area contributed by atoms with Gasteiger partial charge in [-0.2, -0.15) is 18.3 Å². The number of carbonyl (C=O) groups excluding carboxylic acids is 1. The highest BCUT2D eigenvalue weighted by atomic mass is 19.4. The van der Waals surface area contributed by atoms with E-state index in [0.29, 0.717) is 17.1 Å². The van der Waals surface area contributed by atoms with Crippen LogP contribution < -0.4 is 5.43 Å². The third-order valence-electron chi connectivity index (χ3n) is 2.90. The Balaban J connectivity index is 2.08. The summed E-state index contributed by atoms with van der Waals surface area (Å²) < 4.78 is 43.0. The van der Waals surface area contributed by atoms with Crippen molar-refractivity contribution in [2.75, 3.05) is 0 Å². The molecule has 2 aromatic rings. The quantitative estimate of drug-likeness (QED) is 0.694. The van der Waals surface area contributed by atoms with E-state index in [9.17, 15) is 18.0 Å². The molecule has 0 aliphatic rings. The highest BCUT2D eigenvalue weighted by Crippen LogP contribution is 2.29. The molecule has 0 aliphatic heterocycles. The van der Waals surface area contributed by atoms with Crippen LogP contribution in [0.4, 0.5) is 13.2 Å². The SMILES string of the molecule is Cc1cc(/C=N/NC(=O)c2cccc(C(F)(F)F)c2)c(C)o1. The molecule has 22 heavy (non-hydrogen) atoms. The lowest BCUT2D eigenvalue weighted by atomic mass is 10.1. The van der Waals surface area contributed by atoms with E-state index in [1.165, 1.54) is 18.3 Å². The summed E-state index contributed by atoms with van der Waals surface area (Å²) in [5, 5.41) is 3.72. The molecule has 0 spiro atoms. The zero-order valence-electron chi connectivity index (χ0n) is 11.9. The van der Waals surface area contributed by atoms with Gasteiger partial charge >= 0.3 is 6.18 Å². The number of nitrogens with one attached hydrogen (secondary N) is 1. The number of hydrogen-bond donors (Lipinski definition) is 1. The maximum atomic E-state index is 12.6. The number of furan rings is 1. The highest BCUT2D eigenvalue weighted by Gasteiger charge is 2.30. The minimum absolute atomic E-state index is 0.118. The summed E-state index contributed by atoms with van der Waals surface area (Å²) >= 11 is 0. The monoisotopic (exact) mass is 310 g/mol. The van der Waals surface area contributed by atoms with Crippen molar-refractivity contribution in [1.29, 1.82) is 0 Å². The number of benzene rings is 1. The fourth-order valence-corrected chi connectivity index (χ4v) is 1.84. The Kier molecular flexibility index (Phi) is 4.35. The van der Waals surface area contributed by atoms with Crippen molar-refractivity contribution in [2.24, 2.45) is 5.10 Å². The topological polar surface area (TPSA) is 54.6 Å². The molecule has 2 rings (SSSR count). The fraction of sp³-hybridized carbons (Fsp3) is 0.200. The van der Waals surface area contributed by atoms with Crippen molar-refractivity contribution in [3.63, 3.8) is 0 Å². The summed E-state index contributed by atoms with van der Waals surface area (Å²) in [6.07, 6.45) is -3.12. The number of halogens is 3. The first-order valence-electron chi connectivity index (χ1n) is 6.35. The van der Waals surface area contributed by atoms with Crippen molar-refractivity contribution < 1.29 is 22.4 Å². The van der Waals surface area contributed by atoms with Crippen LogP contribution in [0.1, 0.15) is 33.0 Å². The van der Waals surface area contributed by atoms with E-state index >= 15 is 0 Å². The van der Waals surface area contributed by atoms with Gasteiger partial charge in [0.05, 0.1) is 11.8 Å². The van der Waals surface area contributed by atoms with Crippen LogP contribution in [0.5, 0.6) is 0 Å². The summed E-state index contributed by atoms with van der Waals surface area (Å²) in [5.74, 6) is 0.609. The molecule has 1 N–H and O–H groups in total. The lowest BCUT2D eigenvalue weighted by Crippen LogP contribution is -2.18. The first-order valence-corrected chi connectivity index (χ1v) is 6.35. The van der Waals surface area contributed by atoms with Gasteiger partial charge in [0, 0.05) is 11.1 Å². The maximum Gasteiger partial charge on any atom is 0.416 e. The number of hydrogen-bond acceptors (Lipinski definition) is 3. The lowest BCUT2D eigenvalue weighted by Gasteiger charge is -2.07. The van der Waals surface area contributed by atoms with Crippen molar-refractivity contribution in [1.82, 2.24) is 5.43 Å².